The van der Waals surface area contributed by atoms with Gasteiger partial charge in [0.2, 0.25) is 0 Å². The molecule has 1 unspecified atom stereocenters. The van der Waals surface area contributed by atoms with Gasteiger partial charge in [0.25, 0.3) is 0 Å². The molecule has 1 atom stereocenters. The molecule has 4 nitrogen and oxygen atoms in total. The first-order chi connectivity index (χ1) is 7.68. The van der Waals surface area contributed by atoms with Crippen LogP contribution in [0.1, 0.15) is 17.8 Å². The Bertz CT molecular complexity index is 496. The zero-order valence-electron chi connectivity index (χ0n) is 8.62. The number of rotatable bonds is 3. The van der Waals surface area contributed by atoms with Crippen LogP contribution in [0.2, 0.25) is 0 Å². The van der Waals surface area contributed by atoms with Crippen molar-refractivity contribution in [1.29, 1.82) is 0 Å². The summed E-state index contributed by atoms with van der Waals surface area (Å²) in [6, 6.07) is 5.56. The van der Waals surface area contributed by atoms with E-state index in [9.17, 15) is 4.79 Å². The van der Waals surface area contributed by atoms with E-state index in [1.54, 1.807) is 13.1 Å². The molecule has 2 aromatic rings. The van der Waals surface area contributed by atoms with Gasteiger partial charge < -0.3 is 5.11 Å². The molecule has 0 saturated heterocycles. The molecule has 0 aliphatic heterocycles. The minimum atomic E-state index is -0.859. The van der Waals surface area contributed by atoms with Gasteiger partial charge in [0.1, 0.15) is 10.9 Å². The molecule has 0 radical (unpaired) electrons. The van der Waals surface area contributed by atoms with E-state index in [-0.39, 0.29) is 0 Å². The Hall–Kier alpha value is -1.75. The highest BCUT2D eigenvalue weighted by Crippen LogP contribution is 2.25. The van der Waals surface area contributed by atoms with E-state index in [0.717, 1.165) is 11.4 Å². The Kier molecular flexibility index (Phi) is 2.96. The smallest absolute Gasteiger partial charge is 0.313 e. The summed E-state index contributed by atoms with van der Waals surface area (Å²) in [5.41, 5.74) is 1.50. The van der Waals surface area contributed by atoms with Crippen molar-refractivity contribution in [3.8, 4) is 11.4 Å². The number of hydrogen-bond acceptors (Lipinski definition) is 4. The van der Waals surface area contributed by atoms with Crippen LogP contribution in [0, 0.1) is 0 Å². The number of hydrogen-bond donors (Lipinski definition) is 1. The second kappa shape index (κ2) is 4.40. The molecule has 2 heterocycles. The monoisotopic (exact) mass is 234 g/mol. The highest BCUT2D eigenvalue weighted by Gasteiger charge is 2.18. The molecule has 0 aliphatic carbocycles. The van der Waals surface area contributed by atoms with Gasteiger partial charge in [-0.1, -0.05) is 6.07 Å². The van der Waals surface area contributed by atoms with Gasteiger partial charge in [0, 0.05) is 11.6 Å². The van der Waals surface area contributed by atoms with Crippen LogP contribution < -0.4 is 0 Å². The zero-order chi connectivity index (χ0) is 11.5. The average Bonchev–Trinajstić information content (AvgIpc) is 2.78. The van der Waals surface area contributed by atoms with Gasteiger partial charge in [-0.3, -0.25) is 9.78 Å². The summed E-state index contributed by atoms with van der Waals surface area (Å²) in [4.78, 5) is 19.2. The second-order valence-electron chi connectivity index (χ2n) is 3.35. The average molecular weight is 234 g/mol. The van der Waals surface area contributed by atoms with E-state index in [0.29, 0.717) is 5.01 Å². The molecule has 2 rings (SSSR count). The number of carboxylic acids is 1. The first-order valence-corrected chi connectivity index (χ1v) is 5.66. The van der Waals surface area contributed by atoms with Gasteiger partial charge in [-0.15, -0.1) is 11.3 Å². The van der Waals surface area contributed by atoms with Crippen LogP contribution in [0.3, 0.4) is 0 Å². The summed E-state index contributed by atoms with van der Waals surface area (Å²) in [5.74, 6) is -1.43. The maximum atomic E-state index is 10.8. The Morgan fingerprint density at radius 2 is 2.25 bits per heavy atom. The molecule has 82 valence electrons. The van der Waals surface area contributed by atoms with Gasteiger partial charge in [0.05, 0.1) is 11.4 Å². The number of nitrogens with zero attached hydrogens (tertiary/aromatic N) is 2. The van der Waals surface area contributed by atoms with Crippen molar-refractivity contribution in [3.63, 3.8) is 0 Å². The van der Waals surface area contributed by atoms with Crippen LogP contribution >= 0.6 is 11.3 Å². The Morgan fingerprint density at radius 3 is 2.88 bits per heavy atom. The molecular formula is C11H10N2O2S. The third kappa shape index (κ3) is 2.09. The first-order valence-electron chi connectivity index (χ1n) is 4.78. The lowest BCUT2D eigenvalue weighted by Gasteiger charge is -1.99. The maximum absolute atomic E-state index is 10.8. The summed E-state index contributed by atoms with van der Waals surface area (Å²) in [7, 11) is 0. The van der Waals surface area contributed by atoms with E-state index in [1.165, 1.54) is 11.3 Å². The molecular weight excluding hydrogens is 224 g/mol. The van der Waals surface area contributed by atoms with Gasteiger partial charge in [-0.25, -0.2) is 4.98 Å². The van der Waals surface area contributed by atoms with Crippen LogP contribution in [0.5, 0.6) is 0 Å². The van der Waals surface area contributed by atoms with E-state index in [1.807, 2.05) is 23.6 Å². The molecule has 16 heavy (non-hydrogen) atoms. The van der Waals surface area contributed by atoms with Crippen LogP contribution in [0.15, 0.2) is 29.8 Å². The summed E-state index contributed by atoms with van der Waals surface area (Å²) >= 11 is 1.35. The van der Waals surface area contributed by atoms with Crippen molar-refractivity contribution < 1.29 is 9.90 Å². The highest BCUT2D eigenvalue weighted by molar-refractivity contribution is 7.10. The second-order valence-corrected chi connectivity index (χ2v) is 4.24. The molecule has 0 bridgehead atoms. The fraction of sp³-hybridized carbons (Fsp3) is 0.182. The summed E-state index contributed by atoms with van der Waals surface area (Å²) in [5, 5.41) is 11.3. The Labute approximate surface area is 96.6 Å². The van der Waals surface area contributed by atoms with Crippen LogP contribution in [0.4, 0.5) is 0 Å². The summed E-state index contributed by atoms with van der Waals surface area (Å²) in [6.07, 6.45) is 1.69. The number of aliphatic carboxylic acids is 1. The lowest BCUT2D eigenvalue weighted by atomic mass is 10.2. The number of pyridine rings is 1. The number of thiazole rings is 1. The summed E-state index contributed by atoms with van der Waals surface area (Å²) < 4.78 is 0. The number of carboxylic acid groups (broad SMARTS) is 1. The molecule has 0 aliphatic rings. The van der Waals surface area contributed by atoms with Gasteiger partial charge in [-0.05, 0) is 19.1 Å². The largest absolute Gasteiger partial charge is 0.481 e. The van der Waals surface area contributed by atoms with Crippen LogP contribution in [-0.4, -0.2) is 21.0 Å². The molecule has 0 fully saturated rings. The van der Waals surface area contributed by atoms with Crippen molar-refractivity contribution in [2.75, 3.05) is 0 Å². The van der Waals surface area contributed by atoms with Crippen LogP contribution in [0.25, 0.3) is 11.4 Å². The molecule has 0 amide bonds. The van der Waals surface area contributed by atoms with Gasteiger partial charge >= 0.3 is 5.97 Å². The number of aromatic nitrogens is 2. The zero-order valence-corrected chi connectivity index (χ0v) is 9.44. The van der Waals surface area contributed by atoms with Crippen LogP contribution in [-0.2, 0) is 4.79 Å². The normalized spacial score (nSPS) is 12.3. The lowest BCUT2D eigenvalue weighted by molar-refractivity contribution is -0.138. The van der Waals surface area contributed by atoms with E-state index < -0.39 is 11.9 Å². The molecule has 0 spiro atoms. The van der Waals surface area contributed by atoms with Gasteiger partial charge in [-0.2, -0.15) is 0 Å². The molecule has 0 saturated carbocycles. The van der Waals surface area contributed by atoms with Crippen molar-refractivity contribution in [2.45, 2.75) is 12.8 Å². The fourth-order valence-corrected chi connectivity index (χ4v) is 2.09. The maximum Gasteiger partial charge on any atom is 0.313 e. The Balaban J connectivity index is 2.30. The minimum Gasteiger partial charge on any atom is -0.481 e. The first kappa shape index (κ1) is 10.8. The summed E-state index contributed by atoms with van der Waals surface area (Å²) in [6.45, 7) is 1.63. The van der Waals surface area contributed by atoms with Gasteiger partial charge in [0.15, 0.2) is 0 Å². The van der Waals surface area contributed by atoms with Crippen molar-refractivity contribution in [2.24, 2.45) is 0 Å². The predicted octanol–water partition coefficient (Wildman–Crippen LogP) is 2.39. The predicted molar refractivity (Wildman–Crippen MR) is 61.4 cm³/mol. The Morgan fingerprint density at radius 1 is 1.44 bits per heavy atom. The third-order valence-corrected chi connectivity index (χ3v) is 3.22. The minimum absolute atomic E-state index is 0.567. The molecule has 1 N–H and O–H groups in total. The molecule has 0 aromatic carbocycles. The van der Waals surface area contributed by atoms with Crippen molar-refractivity contribution in [1.82, 2.24) is 9.97 Å². The number of carbonyl (C=O) groups is 1. The standard InChI is InChI=1S/C11H10N2O2S/c1-7(11(14)15)10-13-9(6-16-10)8-4-2-3-5-12-8/h2-7H,1H3,(H,14,15). The quantitative estimate of drug-likeness (QED) is 0.885. The fourth-order valence-electron chi connectivity index (χ4n) is 1.22. The highest BCUT2D eigenvalue weighted by atomic mass is 32.1. The SMILES string of the molecule is CC(C(=O)O)c1nc(-c2ccccn2)cs1. The van der Waals surface area contributed by atoms with E-state index in [2.05, 4.69) is 9.97 Å². The topological polar surface area (TPSA) is 63.1 Å². The molecule has 5 heteroatoms. The lowest BCUT2D eigenvalue weighted by Crippen LogP contribution is -2.06. The van der Waals surface area contributed by atoms with E-state index >= 15 is 0 Å². The van der Waals surface area contributed by atoms with Crippen molar-refractivity contribution in [3.05, 3.63) is 34.8 Å². The van der Waals surface area contributed by atoms with E-state index in [4.69, 9.17) is 5.11 Å². The third-order valence-electron chi connectivity index (χ3n) is 2.19. The molecule has 2 aromatic heterocycles. The van der Waals surface area contributed by atoms with Crippen molar-refractivity contribution >= 4 is 17.3 Å².